The molecule has 18 heteroatoms. The average molecular weight is 1050 g/mol. The van der Waals surface area contributed by atoms with Crippen molar-refractivity contribution < 1.29 is 81.5 Å². The second-order valence-corrected chi connectivity index (χ2v) is 22.5. The maximum absolute atomic E-state index is 12.8. The first-order valence-electron chi connectivity index (χ1n) is 28.2. The van der Waals surface area contributed by atoms with Gasteiger partial charge < -0.3 is 35.6 Å². The second-order valence-electron chi connectivity index (χ2n) is 19.8. The minimum Gasteiger partial charge on any atom is -0.462 e. The molecule has 0 aromatic rings. The summed E-state index contributed by atoms with van der Waals surface area (Å²) < 4.78 is 34.0. The Kier molecular flexibility index (Phi) is 43.8. The molecule has 408 valence electrons. The summed E-state index contributed by atoms with van der Waals surface area (Å²) >= 11 is 1.88. The van der Waals surface area contributed by atoms with Gasteiger partial charge in [0.2, 0.25) is 11.8 Å². The fraction of sp³-hybridized carbons (Fsp3) is 0.906. The van der Waals surface area contributed by atoms with Gasteiger partial charge in [-0.15, -0.1) is 0 Å². The summed E-state index contributed by atoms with van der Waals surface area (Å²) in [6.45, 7) is 3.93. The van der Waals surface area contributed by atoms with Crippen molar-refractivity contribution in [1.82, 2.24) is 21.3 Å². The molecule has 2 rings (SSSR count). The molecule has 0 bridgehead atoms. The zero-order valence-corrected chi connectivity index (χ0v) is 48.6. The van der Waals surface area contributed by atoms with Crippen LogP contribution in [-0.2, 0) is 42.3 Å². The number of nitrogens with one attached hydrogen (secondary N) is 4. The number of hydrogen-bond acceptors (Lipinski definition) is 11. The number of amides is 4. The largest absolute Gasteiger partial charge is 1.00 e. The molecular formula is C53H99N4NaO11PS+. The van der Waals surface area contributed by atoms with Crippen LogP contribution in [0.1, 0.15) is 245 Å². The molecule has 15 nitrogen and oxygen atoms in total. The van der Waals surface area contributed by atoms with Gasteiger partial charge in [-0.1, -0.05) is 181 Å². The van der Waals surface area contributed by atoms with Gasteiger partial charge in [-0.3, -0.25) is 28.2 Å². The Morgan fingerprint density at radius 3 is 1.58 bits per heavy atom. The number of ether oxygens (including phenoxy) is 2. The molecule has 2 aliphatic heterocycles. The molecule has 2 fully saturated rings. The maximum Gasteiger partial charge on any atom is 1.00 e. The predicted octanol–water partition coefficient (Wildman–Crippen LogP) is 9.06. The molecule has 0 saturated carbocycles. The molecule has 5 N–H and O–H groups in total. The molecule has 2 saturated heterocycles. The van der Waals surface area contributed by atoms with Crippen LogP contribution in [-0.4, -0.2) is 96.8 Å². The number of unbranched alkanes of at least 4 members (excludes halogenated alkanes) is 27. The third kappa shape index (κ3) is 38.8. The molecular weight excluding hydrogens is 955 g/mol. The number of fused-ring (bicyclic) bond motifs is 1. The molecule has 2 aliphatic rings. The van der Waals surface area contributed by atoms with Crippen molar-refractivity contribution in [3.63, 3.8) is 0 Å². The molecule has 5 atom stereocenters. The van der Waals surface area contributed by atoms with Crippen molar-refractivity contribution in [3.05, 3.63) is 0 Å². The Hall–Kier alpha value is -1.39. The molecule has 2 heterocycles. The van der Waals surface area contributed by atoms with Crippen molar-refractivity contribution in [3.8, 4) is 0 Å². The minimum atomic E-state index is -4.59. The second kappa shape index (κ2) is 46.0. The number of phosphoric ester groups is 1. The monoisotopic (exact) mass is 1050 g/mol. The number of phosphoric acid groups is 1. The van der Waals surface area contributed by atoms with Crippen molar-refractivity contribution in [2.75, 3.05) is 38.7 Å². The van der Waals surface area contributed by atoms with Crippen molar-refractivity contribution >= 4 is 49.4 Å². The van der Waals surface area contributed by atoms with E-state index in [4.69, 9.17) is 18.5 Å². The number of rotatable bonds is 49. The number of urea groups is 1. The van der Waals surface area contributed by atoms with Crippen molar-refractivity contribution in [1.29, 1.82) is 0 Å². The van der Waals surface area contributed by atoms with Gasteiger partial charge in [0.1, 0.15) is 6.61 Å². The fourth-order valence-electron chi connectivity index (χ4n) is 9.03. The van der Waals surface area contributed by atoms with Crippen LogP contribution in [0, 0.1) is 0 Å². The molecule has 1 unspecified atom stereocenters. The summed E-state index contributed by atoms with van der Waals surface area (Å²) in [7, 11) is -4.59. The summed E-state index contributed by atoms with van der Waals surface area (Å²) in [5, 5.41) is 12.0. The molecule has 0 aromatic heterocycles. The van der Waals surface area contributed by atoms with Crippen LogP contribution in [0.2, 0.25) is 0 Å². The summed E-state index contributed by atoms with van der Waals surface area (Å²) in [4.78, 5) is 72.0. The Labute approximate surface area is 456 Å². The topological polar surface area (TPSA) is 208 Å². The minimum absolute atomic E-state index is 0. The molecule has 0 radical (unpaired) electrons. The molecule has 0 aromatic carbocycles. The van der Waals surface area contributed by atoms with Crippen LogP contribution in [0.3, 0.4) is 0 Å². The molecule has 0 aliphatic carbocycles. The molecule has 71 heavy (non-hydrogen) atoms. The Bertz CT molecular complexity index is 1440. The van der Waals surface area contributed by atoms with E-state index < -0.39 is 32.5 Å². The van der Waals surface area contributed by atoms with E-state index in [1.165, 1.54) is 116 Å². The fourth-order valence-corrected chi connectivity index (χ4v) is 11.3. The summed E-state index contributed by atoms with van der Waals surface area (Å²) in [5.74, 6) is -0.174. The van der Waals surface area contributed by atoms with E-state index in [1.807, 2.05) is 11.8 Å². The van der Waals surface area contributed by atoms with Gasteiger partial charge in [-0.05, 0) is 38.5 Å². The Morgan fingerprint density at radius 2 is 1.04 bits per heavy atom. The van der Waals surface area contributed by atoms with Gasteiger partial charge in [0.05, 0.1) is 25.3 Å². The van der Waals surface area contributed by atoms with Gasteiger partial charge in [0.25, 0.3) is 0 Å². The van der Waals surface area contributed by atoms with Crippen LogP contribution >= 0.6 is 19.6 Å². The van der Waals surface area contributed by atoms with Crippen LogP contribution in [0.5, 0.6) is 0 Å². The number of esters is 2. The number of thioether (sulfide) groups is 1. The zero-order chi connectivity index (χ0) is 50.8. The van der Waals surface area contributed by atoms with Crippen LogP contribution in [0.4, 0.5) is 4.79 Å². The van der Waals surface area contributed by atoms with Crippen molar-refractivity contribution in [2.45, 2.75) is 268 Å². The smallest absolute Gasteiger partial charge is 0.462 e. The third-order valence-corrected chi connectivity index (χ3v) is 15.8. The van der Waals surface area contributed by atoms with E-state index in [0.29, 0.717) is 37.5 Å². The molecule has 0 spiro atoms. The van der Waals surface area contributed by atoms with E-state index >= 15 is 0 Å². The zero-order valence-electron chi connectivity index (χ0n) is 44.9. The molecule has 4 amide bonds. The normalized spacial score (nSPS) is 17.3. The van der Waals surface area contributed by atoms with Crippen LogP contribution < -0.4 is 50.8 Å². The standard InChI is InChI=1S/C53H99N4O11PS.Na/c1-3-5-7-9-11-13-15-17-19-21-23-25-29-37-50(60)65-42-45(68-51(61)38-30-26-24-22-20-18-16-14-12-10-8-6-4-2)43-67-69(63,64)66-41-40-55-49(59)35-28-27-33-39-54-48(58)36-32-31-34-47-52-46(44-70-47)56-53(62)57-52;/h45-47,52H,3-44H2,1-2H3,(H,54,58)(H,55,59)(H,63,64)(H2,56,57,62);/q;+1/t45-,46+,47+,52+;/m1./s1. The van der Waals surface area contributed by atoms with E-state index in [-0.39, 0.29) is 98.5 Å². The van der Waals surface area contributed by atoms with E-state index in [0.717, 1.165) is 76.4 Å². The van der Waals surface area contributed by atoms with E-state index in [2.05, 4.69) is 35.1 Å². The SMILES string of the molecule is CCCCCCCCCCCCCCCC(=O)OC[C@H](COP(=O)(O)OCCNC(=O)CCCCCNC(=O)CCCC[C@@H]1SC[C@@H]2NC(=O)N[C@@H]21)OC(=O)CCCCCCCCCCCCCCC.[Na+]. The van der Waals surface area contributed by atoms with Gasteiger partial charge in [0.15, 0.2) is 6.10 Å². The van der Waals surface area contributed by atoms with Crippen LogP contribution in [0.25, 0.3) is 0 Å². The van der Waals surface area contributed by atoms with E-state index in [9.17, 15) is 33.4 Å². The van der Waals surface area contributed by atoms with E-state index in [1.54, 1.807) is 0 Å². The first-order valence-corrected chi connectivity index (χ1v) is 30.8. The van der Waals surface area contributed by atoms with Gasteiger partial charge in [-0.25, -0.2) is 9.36 Å². The first-order chi connectivity index (χ1) is 34.0. The Balaban J connectivity index is 0.0000252. The first kappa shape index (κ1) is 67.6. The summed E-state index contributed by atoms with van der Waals surface area (Å²) in [5.41, 5.74) is 0. The average Bonchev–Trinajstić information content (AvgIpc) is 3.90. The summed E-state index contributed by atoms with van der Waals surface area (Å²) in [6, 6.07) is 0.308. The quantitative estimate of drug-likeness (QED) is 0.0127. The maximum atomic E-state index is 12.8. The summed E-state index contributed by atoms with van der Waals surface area (Å²) in [6.07, 6.45) is 36.0. The van der Waals surface area contributed by atoms with Crippen molar-refractivity contribution in [2.24, 2.45) is 0 Å². The van der Waals surface area contributed by atoms with Gasteiger partial charge >= 0.3 is 55.3 Å². The predicted molar refractivity (Wildman–Crippen MR) is 282 cm³/mol. The third-order valence-electron chi connectivity index (χ3n) is 13.3. The Morgan fingerprint density at radius 1 is 0.592 bits per heavy atom. The number of hydrogen-bond donors (Lipinski definition) is 5. The number of carbonyl (C=O) groups excluding carboxylic acids is 5. The van der Waals surface area contributed by atoms with Crippen LogP contribution in [0.15, 0.2) is 0 Å². The number of carbonyl (C=O) groups is 5. The van der Waals surface area contributed by atoms with Gasteiger partial charge in [-0.2, -0.15) is 11.8 Å². The van der Waals surface area contributed by atoms with Gasteiger partial charge in [0, 0.05) is 49.8 Å².